The highest BCUT2D eigenvalue weighted by atomic mass is 16.5. The Kier molecular flexibility index (Phi) is 3.26. The number of aryl methyl sites for hydroxylation is 2. The zero-order valence-electron chi connectivity index (χ0n) is 13.1. The van der Waals surface area contributed by atoms with Gasteiger partial charge in [0, 0.05) is 30.9 Å². The van der Waals surface area contributed by atoms with Gasteiger partial charge in [0.15, 0.2) is 5.76 Å². The first-order valence-corrected chi connectivity index (χ1v) is 7.93. The standard InChI is InChI=1S/C18H21N3O/c1-13-10-18(22-19-13)17-8-5-9-21(17)12-15-11-14-6-3-4-7-16(14)20(15)2/h3-4,6-7,10-11,17H,5,8-9,12H2,1-2H3/t17-/m0/s1. The lowest BCUT2D eigenvalue weighted by Crippen LogP contribution is -2.23. The summed E-state index contributed by atoms with van der Waals surface area (Å²) in [5.41, 5.74) is 3.61. The SMILES string of the molecule is Cc1cc([C@@H]2CCCN2Cc2cc3ccccc3n2C)on1. The molecule has 0 bridgehead atoms. The highest BCUT2D eigenvalue weighted by Crippen LogP contribution is 2.34. The Morgan fingerprint density at radius 1 is 1.27 bits per heavy atom. The third kappa shape index (κ3) is 2.24. The van der Waals surface area contributed by atoms with E-state index in [2.05, 4.69) is 58.1 Å². The second-order valence-corrected chi connectivity index (χ2v) is 6.25. The molecule has 1 fully saturated rings. The van der Waals surface area contributed by atoms with Crippen LogP contribution in [0, 0.1) is 6.92 Å². The summed E-state index contributed by atoms with van der Waals surface area (Å²) in [5.74, 6) is 1.01. The second kappa shape index (κ2) is 5.29. The van der Waals surface area contributed by atoms with Gasteiger partial charge < -0.3 is 9.09 Å². The number of hydrogen-bond acceptors (Lipinski definition) is 3. The Labute approximate surface area is 130 Å². The minimum Gasteiger partial charge on any atom is -0.359 e. The van der Waals surface area contributed by atoms with Gasteiger partial charge in [-0.25, -0.2) is 0 Å². The molecule has 0 amide bonds. The van der Waals surface area contributed by atoms with Crippen molar-refractivity contribution >= 4 is 10.9 Å². The number of benzene rings is 1. The minimum absolute atomic E-state index is 0.360. The fourth-order valence-corrected chi connectivity index (χ4v) is 3.58. The van der Waals surface area contributed by atoms with Crippen LogP contribution in [0.5, 0.6) is 0 Å². The normalized spacial score (nSPS) is 19.3. The summed E-state index contributed by atoms with van der Waals surface area (Å²) in [6.45, 7) is 4.05. The first kappa shape index (κ1) is 13.6. The number of hydrogen-bond donors (Lipinski definition) is 0. The van der Waals surface area contributed by atoms with Gasteiger partial charge in [0.2, 0.25) is 0 Å². The Morgan fingerprint density at radius 3 is 2.91 bits per heavy atom. The van der Waals surface area contributed by atoms with E-state index in [4.69, 9.17) is 4.52 Å². The van der Waals surface area contributed by atoms with E-state index in [9.17, 15) is 0 Å². The molecule has 0 saturated carbocycles. The third-order valence-electron chi connectivity index (χ3n) is 4.75. The number of fused-ring (bicyclic) bond motifs is 1. The summed E-state index contributed by atoms with van der Waals surface area (Å²) in [6, 6.07) is 13.3. The van der Waals surface area contributed by atoms with Gasteiger partial charge in [-0.2, -0.15) is 0 Å². The maximum atomic E-state index is 5.51. The first-order chi connectivity index (χ1) is 10.7. The van der Waals surface area contributed by atoms with Crippen LogP contribution in [-0.4, -0.2) is 21.2 Å². The fraction of sp³-hybridized carbons (Fsp3) is 0.389. The van der Waals surface area contributed by atoms with Gasteiger partial charge in [0.05, 0.1) is 11.7 Å². The van der Waals surface area contributed by atoms with E-state index in [0.29, 0.717) is 6.04 Å². The van der Waals surface area contributed by atoms with Crippen molar-refractivity contribution < 1.29 is 4.52 Å². The molecule has 1 saturated heterocycles. The first-order valence-electron chi connectivity index (χ1n) is 7.93. The second-order valence-electron chi connectivity index (χ2n) is 6.25. The van der Waals surface area contributed by atoms with E-state index < -0.39 is 0 Å². The molecule has 4 nitrogen and oxygen atoms in total. The van der Waals surface area contributed by atoms with Gasteiger partial charge in [0.1, 0.15) is 0 Å². The van der Waals surface area contributed by atoms with Gasteiger partial charge >= 0.3 is 0 Å². The van der Waals surface area contributed by atoms with Crippen molar-refractivity contribution in [3.05, 3.63) is 53.5 Å². The van der Waals surface area contributed by atoms with Gasteiger partial charge in [-0.1, -0.05) is 23.4 Å². The maximum Gasteiger partial charge on any atom is 0.154 e. The summed E-state index contributed by atoms with van der Waals surface area (Å²) < 4.78 is 7.81. The molecule has 0 N–H and O–H groups in total. The minimum atomic E-state index is 0.360. The summed E-state index contributed by atoms with van der Waals surface area (Å²) >= 11 is 0. The topological polar surface area (TPSA) is 34.2 Å². The van der Waals surface area contributed by atoms with E-state index >= 15 is 0 Å². The highest BCUT2D eigenvalue weighted by molar-refractivity contribution is 5.81. The van der Waals surface area contributed by atoms with Crippen LogP contribution in [0.4, 0.5) is 0 Å². The molecule has 3 heterocycles. The highest BCUT2D eigenvalue weighted by Gasteiger charge is 2.29. The van der Waals surface area contributed by atoms with Crippen LogP contribution in [0.1, 0.15) is 36.0 Å². The smallest absolute Gasteiger partial charge is 0.154 e. The monoisotopic (exact) mass is 295 g/mol. The van der Waals surface area contributed by atoms with Crippen molar-refractivity contribution in [1.82, 2.24) is 14.6 Å². The predicted molar refractivity (Wildman–Crippen MR) is 86.5 cm³/mol. The number of nitrogens with zero attached hydrogens (tertiary/aromatic N) is 3. The molecule has 4 heteroatoms. The summed E-state index contributed by atoms with van der Waals surface area (Å²) in [4.78, 5) is 2.51. The molecule has 22 heavy (non-hydrogen) atoms. The van der Waals surface area contributed by atoms with E-state index in [1.165, 1.54) is 23.0 Å². The summed E-state index contributed by atoms with van der Waals surface area (Å²) in [7, 11) is 2.15. The van der Waals surface area contributed by atoms with Gasteiger partial charge in [0.25, 0.3) is 0 Å². The molecule has 4 rings (SSSR count). The van der Waals surface area contributed by atoms with Crippen molar-refractivity contribution in [1.29, 1.82) is 0 Å². The average Bonchev–Trinajstić information content (AvgIpc) is 3.21. The van der Waals surface area contributed by atoms with Crippen molar-refractivity contribution in [3.63, 3.8) is 0 Å². The number of likely N-dealkylation sites (tertiary alicyclic amines) is 1. The fourth-order valence-electron chi connectivity index (χ4n) is 3.58. The largest absolute Gasteiger partial charge is 0.359 e. The summed E-state index contributed by atoms with van der Waals surface area (Å²) in [6.07, 6.45) is 2.37. The van der Waals surface area contributed by atoms with Crippen LogP contribution in [0.2, 0.25) is 0 Å². The molecular weight excluding hydrogens is 274 g/mol. The Bertz CT molecular complexity index is 802. The molecule has 3 aromatic rings. The van der Waals surface area contributed by atoms with E-state index in [1.54, 1.807) is 0 Å². The van der Waals surface area contributed by atoms with Crippen molar-refractivity contribution in [3.8, 4) is 0 Å². The lowest BCUT2D eigenvalue weighted by Gasteiger charge is -2.22. The van der Waals surface area contributed by atoms with Crippen LogP contribution < -0.4 is 0 Å². The molecule has 0 spiro atoms. The van der Waals surface area contributed by atoms with Crippen molar-refractivity contribution in [2.45, 2.75) is 32.4 Å². The van der Waals surface area contributed by atoms with Crippen molar-refractivity contribution in [2.75, 3.05) is 6.54 Å². The lowest BCUT2D eigenvalue weighted by atomic mass is 10.1. The molecule has 1 aliphatic rings. The van der Waals surface area contributed by atoms with Crippen LogP contribution in [-0.2, 0) is 13.6 Å². The molecule has 1 aliphatic heterocycles. The summed E-state index contributed by atoms with van der Waals surface area (Å²) in [5, 5.41) is 5.36. The molecule has 1 atom stereocenters. The number of aromatic nitrogens is 2. The third-order valence-corrected chi connectivity index (χ3v) is 4.75. The molecule has 1 aromatic carbocycles. The molecule has 2 aromatic heterocycles. The average molecular weight is 295 g/mol. The molecule has 0 unspecified atom stereocenters. The van der Waals surface area contributed by atoms with Gasteiger partial charge in [-0.05, 0) is 43.8 Å². The van der Waals surface area contributed by atoms with Crippen LogP contribution >= 0.6 is 0 Å². The Morgan fingerprint density at radius 2 is 2.14 bits per heavy atom. The van der Waals surface area contributed by atoms with Crippen molar-refractivity contribution in [2.24, 2.45) is 7.05 Å². The maximum absolute atomic E-state index is 5.51. The molecular formula is C18H21N3O. The quantitative estimate of drug-likeness (QED) is 0.737. The lowest BCUT2D eigenvalue weighted by molar-refractivity contribution is 0.203. The molecule has 114 valence electrons. The van der Waals surface area contributed by atoms with Crippen LogP contribution in [0.15, 0.2) is 40.9 Å². The zero-order valence-corrected chi connectivity index (χ0v) is 13.1. The molecule has 0 radical (unpaired) electrons. The van der Waals surface area contributed by atoms with E-state index in [1.807, 2.05) is 6.92 Å². The Balaban J connectivity index is 1.62. The Hall–Kier alpha value is -2.07. The van der Waals surface area contributed by atoms with Gasteiger partial charge in [-0.15, -0.1) is 0 Å². The van der Waals surface area contributed by atoms with Gasteiger partial charge in [-0.3, -0.25) is 4.90 Å². The van der Waals surface area contributed by atoms with Crippen LogP contribution in [0.25, 0.3) is 10.9 Å². The van der Waals surface area contributed by atoms with E-state index in [0.717, 1.165) is 31.0 Å². The van der Waals surface area contributed by atoms with E-state index in [-0.39, 0.29) is 0 Å². The zero-order chi connectivity index (χ0) is 15.1. The molecule has 0 aliphatic carbocycles. The number of rotatable bonds is 3. The van der Waals surface area contributed by atoms with Crippen LogP contribution in [0.3, 0.4) is 0 Å². The number of para-hydroxylation sites is 1. The predicted octanol–water partition coefficient (Wildman–Crippen LogP) is 3.81.